The number of amides is 3. The van der Waals surface area contributed by atoms with Gasteiger partial charge in [0.05, 0.1) is 25.6 Å². The molecule has 1 heterocycles. The molecule has 0 aromatic carbocycles. The summed E-state index contributed by atoms with van der Waals surface area (Å²) >= 11 is 0. The first-order chi connectivity index (χ1) is 11.6. The van der Waals surface area contributed by atoms with Gasteiger partial charge in [0.1, 0.15) is 0 Å². The van der Waals surface area contributed by atoms with E-state index in [2.05, 4.69) is 10.6 Å². The number of nitrogens with one attached hydrogen (secondary N) is 3. The standard InChI is InChI=1S/C17H29N3O4/c1-2-24-16(22)13-8-10-20(11-9-13)12-15(21)19-17(23)18-14-6-4-3-5-7-14/h13-14H,2-12H2,1H3,(H2,18,19,21,23)/p+1. The molecule has 0 atom stereocenters. The number of piperidine rings is 1. The molecule has 0 aromatic rings. The topological polar surface area (TPSA) is 88.9 Å². The number of carbonyl (C=O) groups is 3. The van der Waals surface area contributed by atoms with E-state index in [1.54, 1.807) is 6.92 Å². The molecule has 0 bridgehead atoms. The highest BCUT2D eigenvalue weighted by molar-refractivity contribution is 5.94. The first-order valence-electron chi connectivity index (χ1n) is 9.19. The number of rotatable bonds is 5. The summed E-state index contributed by atoms with van der Waals surface area (Å²) in [6, 6.07) is -0.188. The van der Waals surface area contributed by atoms with Crippen LogP contribution in [0.3, 0.4) is 0 Å². The number of esters is 1. The molecule has 0 spiro atoms. The average molecular weight is 340 g/mol. The van der Waals surface area contributed by atoms with E-state index in [0.29, 0.717) is 6.61 Å². The van der Waals surface area contributed by atoms with E-state index >= 15 is 0 Å². The molecule has 1 saturated carbocycles. The molecule has 136 valence electrons. The van der Waals surface area contributed by atoms with E-state index < -0.39 is 0 Å². The number of hydrogen-bond donors (Lipinski definition) is 3. The quantitative estimate of drug-likeness (QED) is 0.615. The molecule has 7 nitrogen and oxygen atoms in total. The third-order valence-electron chi connectivity index (χ3n) is 4.92. The molecule has 7 heteroatoms. The summed E-state index contributed by atoms with van der Waals surface area (Å²) in [5.74, 6) is -0.438. The van der Waals surface area contributed by atoms with Crippen molar-refractivity contribution < 1.29 is 24.0 Å². The second-order valence-corrected chi connectivity index (χ2v) is 6.81. The van der Waals surface area contributed by atoms with E-state index in [1.807, 2.05) is 0 Å². The molecule has 1 aliphatic carbocycles. The Hall–Kier alpha value is -1.63. The van der Waals surface area contributed by atoms with Crippen molar-refractivity contribution in [2.45, 2.75) is 57.9 Å². The van der Waals surface area contributed by atoms with Gasteiger partial charge in [-0.3, -0.25) is 14.9 Å². The molecule has 2 fully saturated rings. The van der Waals surface area contributed by atoms with E-state index in [9.17, 15) is 14.4 Å². The van der Waals surface area contributed by atoms with E-state index in [-0.39, 0.29) is 36.4 Å². The molecule has 1 aliphatic heterocycles. The Morgan fingerprint density at radius 2 is 1.71 bits per heavy atom. The second-order valence-electron chi connectivity index (χ2n) is 6.81. The van der Waals surface area contributed by atoms with Gasteiger partial charge in [-0.05, 0) is 19.8 Å². The Morgan fingerprint density at radius 1 is 1.04 bits per heavy atom. The zero-order chi connectivity index (χ0) is 17.4. The van der Waals surface area contributed by atoms with E-state index in [1.165, 1.54) is 6.42 Å². The van der Waals surface area contributed by atoms with Crippen LogP contribution in [0.5, 0.6) is 0 Å². The Kier molecular flexibility index (Phi) is 7.49. The van der Waals surface area contributed by atoms with E-state index in [4.69, 9.17) is 4.74 Å². The van der Waals surface area contributed by atoms with Crippen LogP contribution in [0.4, 0.5) is 4.79 Å². The maximum Gasteiger partial charge on any atom is 0.321 e. The number of carbonyl (C=O) groups excluding carboxylic acids is 3. The maximum atomic E-state index is 12.0. The zero-order valence-electron chi connectivity index (χ0n) is 14.6. The molecule has 0 radical (unpaired) electrons. The Morgan fingerprint density at radius 3 is 2.33 bits per heavy atom. The number of quaternary nitrogens is 1. The largest absolute Gasteiger partial charge is 0.466 e. The van der Waals surface area contributed by atoms with Crippen molar-refractivity contribution >= 4 is 17.9 Å². The lowest BCUT2D eigenvalue weighted by molar-refractivity contribution is -0.897. The SMILES string of the molecule is CCOC(=O)C1CC[NH+](CC(=O)NC(=O)NC2CCCCC2)CC1. The lowest BCUT2D eigenvalue weighted by atomic mass is 9.96. The monoisotopic (exact) mass is 340 g/mol. The van der Waals surface area contributed by atoms with Crippen LogP contribution in [0.1, 0.15) is 51.9 Å². The minimum atomic E-state index is -0.382. The second kappa shape index (κ2) is 9.61. The summed E-state index contributed by atoms with van der Waals surface area (Å²) < 4.78 is 5.04. The Balaban J connectivity index is 1.64. The van der Waals surface area contributed by atoms with Crippen LogP contribution in [0, 0.1) is 5.92 Å². The highest BCUT2D eigenvalue weighted by atomic mass is 16.5. The Bertz CT molecular complexity index is 441. The molecule has 0 unspecified atom stereocenters. The minimum absolute atomic E-state index is 0.0497. The van der Waals surface area contributed by atoms with E-state index in [0.717, 1.165) is 56.5 Å². The number of imide groups is 1. The van der Waals surface area contributed by atoms with Gasteiger partial charge in [-0.15, -0.1) is 0 Å². The van der Waals surface area contributed by atoms with Gasteiger partial charge in [0.25, 0.3) is 5.91 Å². The third-order valence-corrected chi connectivity index (χ3v) is 4.92. The van der Waals surface area contributed by atoms with Crippen molar-refractivity contribution in [3.8, 4) is 0 Å². The number of hydrogen-bond acceptors (Lipinski definition) is 4. The molecule has 24 heavy (non-hydrogen) atoms. The van der Waals surface area contributed by atoms with Crippen LogP contribution in [-0.4, -0.2) is 50.2 Å². The molecule has 0 aromatic heterocycles. The first-order valence-corrected chi connectivity index (χ1v) is 9.19. The predicted octanol–water partition coefficient (Wildman–Crippen LogP) is 0.00290. The van der Waals surface area contributed by atoms with Crippen molar-refractivity contribution in [3.63, 3.8) is 0 Å². The molecular weight excluding hydrogens is 310 g/mol. The van der Waals surface area contributed by atoms with Crippen molar-refractivity contribution in [3.05, 3.63) is 0 Å². The van der Waals surface area contributed by atoms with Crippen molar-refractivity contribution in [1.82, 2.24) is 10.6 Å². The summed E-state index contributed by atoms with van der Waals surface area (Å²) in [6.45, 7) is 3.99. The molecule has 3 amide bonds. The molecule has 1 saturated heterocycles. The zero-order valence-corrected chi connectivity index (χ0v) is 14.6. The maximum absolute atomic E-state index is 12.0. The number of ether oxygens (including phenoxy) is 1. The molecule has 2 aliphatic rings. The van der Waals surface area contributed by atoms with Gasteiger partial charge in [-0.1, -0.05) is 19.3 Å². The Labute approximate surface area is 143 Å². The fourth-order valence-electron chi connectivity index (χ4n) is 3.56. The normalized spacial score (nSPS) is 24.9. The first kappa shape index (κ1) is 18.7. The predicted molar refractivity (Wildman–Crippen MR) is 88.5 cm³/mol. The fourth-order valence-corrected chi connectivity index (χ4v) is 3.56. The number of urea groups is 1. The minimum Gasteiger partial charge on any atom is -0.466 e. The lowest BCUT2D eigenvalue weighted by Gasteiger charge is -2.27. The van der Waals surface area contributed by atoms with Gasteiger partial charge in [-0.25, -0.2) is 4.79 Å². The van der Waals surface area contributed by atoms with Crippen LogP contribution in [0.2, 0.25) is 0 Å². The van der Waals surface area contributed by atoms with Crippen molar-refractivity contribution in [1.29, 1.82) is 0 Å². The van der Waals surface area contributed by atoms with Gasteiger partial charge in [0.15, 0.2) is 6.54 Å². The van der Waals surface area contributed by atoms with Crippen molar-refractivity contribution in [2.75, 3.05) is 26.2 Å². The summed E-state index contributed by atoms with van der Waals surface area (Å²) in [6.07, 6.45) is 6.95. The van der Waals surface area contributed by atoms with Crippen LogP contribution in [0.15, 0.2) is 0 Å². The van der Waals surface area contributed by atoms with Crippen molar-refractivity contribution in [2.24, 2.45) is 5.92 Å². The van der Waals surface area contributed by atoms with Gasteiger partial charge in [-0.2, -0.15) is 0 Å². The highest BCUT2D eigenvalue weighted by Crippen LogP contribution is 2.17. The molecule has 3 N–H and O–H groups in total. The smallest absolute Gasteiger partial charge is 0.321 e. The van der Waals surface area contributed by atoms with Gasteiger partial charge >= 0.3 is 12.0 Å². The van der Waals surface area contributed by atoms with Gasteiger partial charge < -0.3 is 15.0 Å². The number of likely N-dealkylation sites (tertiary alicyclic amines) is 1. The highest BCUT2D eigenvalue weighted by Gasteiger charge is 2.29. The van der Waals surface area contributed by atoms with Crippen LogP contribution < -0.4 is 15.5 Å². The molecular formula is C17H30N3O4+. The van der Waals surface area contributed by atoms with Gasteiger partial charge in [0.2, 0.25) is 0 Å². The summed E-state index contributed by atoms with van der Waals surface area (Å²) in [5.41, 5.74) is 0. The van der Waals surface area contributed by atoms with Crippen LogP contribution >= 0.6 is 0 Å². The average Bonchev–Trinajstić information content (AvgIpc) is 2.56. The lowest BCUT2D eigenvalue weighted by Crippen LogP contribution is -3.14. The van der Waals surface area contributed by atoms with Crippen LogP contribution in [-0.2, 0) is 14.3 Å². The third kappa shape index (κ3) is 6.11. The fraction of sp³-hybridized carbons (Fsp3) is 0.824. The summed E-state index contributed by atoms with van der Waals surface area (Å²) in [5, 5.41) is 5.31. The van der Waals surface area contributed by atoms with Crippen LogP contribution in [0.25, 0.3) is 0 Å². The molecule has 2 rings (SSSR count). The summed E-state index contributed by atoms with van der Waals surface area (Å²) in [7, 11) is 0. The van der Waals surface area contributed by atoms with Gasteiger partial charge in [0, 0.05) is 18.9 Å². The summed E-state index contributed by atoms with van der Waals surface area (Å²) in [4.78, 5) is 36.7.